The standard InChI is InChI=1S/C16H20N4O2S/c1-12(15(21)17-10-14-8-5-9-22-14)23-16-18-11-20(19-16)13-6-3-2-4-7-13/h2-4,6-7,11-12,14H,5,8-10H2,1H3,(H,17,21). The Morgan fingerprint density at radius 1 is 1.48 bits per heavy atom. The van der Waals surface area contributed by atoms with Crippen LogP contribution in [0, 0.1) is 0 Å². The Morgan fingerprint density at radius 2 is 2.30 bits per heavy atom. The predicted octanol–water partition coefficient (Wildman–Crippen LogP) is 2.04. The Morgan fingerprint density at radius 3 is 3.04 bits per heavy atom. The number of hydrogen-bond acceptors (Lipinski definition) is 5. The molecular weight excluding hydrogens is 312 g/mol. The third-order valence-corrected chi connectivity index (χ3v) is 4.64. The van der Waals surface area contributed by atoms with Gasteiger partial charge in [0.15, 0.2) is 0 Å². The first kappa shape index (κ1) is 16.0. The number of benzene rings is 1. The lowest BCUT2D eigenvalue weighted by molar-refractivity contribution is -0.120. The van der Waals surface area contributed by atoms with Crippen molar-refractivity contribution in [1.82, 2.24) is 20.1 Å². The first-order valence-electron chi connectivity index (χ1n) is 7.75. The van der Waals surface area contributed by atoms with Gasteiger partial charge in [-0.1, -0.05) is 30.0 Å². The molecule has 7 heteroatoms. The molecule has 1 N–H and O–H groups in total. The number of para-hydroxylation sites is 1. The quantitative estimate of drug-likeness (QED) is 0.820. The van der Waals surface area contributed by atoms with Crippen molar-refractivity contribution in [1.29, 1.82) is 0 Å². The lowest BCUT2D eigenvalue weighted by Crippen LogP contribution is -2.36. The van der Waals surface area contributed by atoms with Gasteiger partial charge in [0, 0.05) is 13.2 Å². The van der Waals surface area contributed by atoms with Crippen LogP contribution in [0.15, 0.2) is 41.8 Å². The topological polar surface area (TPSA) is 69.0 Å². The summed E-state index contributed by atoms with van der Waals surface area (Å²) in [6.07, 6.45) is 3.91. The summed E-state index contributed by atoms with van der Waals surface area (Å²) in [5.74, 6) is -0.0124. The molecular formula is C16H20N4O2S. The van der Waals surface area contributed by atoms with Crippen LogP contribution in [0.4, 0.5) is 0 Å². The van der Waals surface area contributed by atoms with Gasteiger partial charge in [-0.3, -0.25) is 4.79 Å². The van der Waals surface area contributed by atoms with Crippen LogP contribution in [0.25, 0.3) is 5.69 Å². The second-order valence-corrected chi connectivity index (χ2v) is 6.76. The van der Waals surface area contributed by atoms with Crippen molar-refractivity contribution in [2.45, 2.75) is 36.3 Å². The summed E-state index contributed by atoms with van der Waals surface area (Å²) in [4.78, 5) is 16.4. The van der Waals surface area contributed by atoms with E-state index >= 15 is 0 Å². The molecule has 1 amide bonds. The summed E-state index contributed by atoms with van der Waals surface area (Å²) in [6, 6.07) is 9.77. The molecule has 0 spiro atoms. The lowest BCUT2D eigenvalue weighted by atomic mass is 10.2. The molecule has 1 aliphatic rings. The van der Waals surface area contributed by atoms with Gasteiger partial charge in [-0.25, -0.2) is 9.67 Å². The fourth-order valence-corrected chi connectivity index (χ4v) is 3.13. The second kappa shape index (κ2) is 7.61. The van der Waals surface area contributed by atoms with Gasteiger partial charge in [-0.15, -0.1) is 5.10 Å². The van der Waals surface area contributed by atoms with Gasteiger partial charge in [0.1, 0.15) is 6.33 Å². The van der Waals surface area contributed by atoms with Gasteiger partial charge in [0.25, 0.3) is 0 Å². The average Bonchev–Trinajstić information content (AvgIpc) is 3.25. The SMILES string of the molecule is CC(Sc1ncn(-c2ccccc2)n1)C(=O)NCC1CCCO1. The second-order valence-electron chi connectivity index (χ2n) is 5.45. The van der Waals surface area contributed by atoms with E-state index in [1.54, 1.807) is 11.0 Å². The Balaban J connectivity index is 1.52. The zero-order chi connectivity index (χ0) is 16.1. The highest BCUT2D eigenvalue weighted by molar-refractivity contribution is 8.00. The van der Waals surface area contributed by atoms with Crippen LogP contribution in [0.1, 0.15) is 19.8 Å². The highest BCUT2D eigenvalue weighted by atomic mass is 32.2. The van der Waals surface area contributed by atoms with Crippen LogP contribution in [-0.2, 0) is 9.53 Å². The maximum Gasteiger partial charge on any atom is 0.233 e. The van der Waals surface area contributed by atoms with E-state index in [0.29, 0.717) is 11.7 Å². The number of ether oxygens (including phenoxy) is 1. The molecule has 1 aromatic heterocycles. The average molecular weight is 332 g/mol. The summed E-state index contributed by atoms with van der Waals surface area (Å²) < 4.78 is 7.21. The van der Waals surface area contributed by atoms with Crippen molar-refractivity contribution in [3.05, 3.63) is 36.7 Å². The molecule has 1 fully saturated rings. The lowest BCUT2D eigenvalue weighted by Gasteiger charge is -2.13. The summed E-state index contributed by atoms with van der Waals surface area (Å²) in [7, 11) is 0. The number of nitrogens with one attached hydrogen (secondary N) is 1. The first-order valence-corrected chi connectivity index (χ1v) is 8.63. The van der Waals surface area contributed by atoms with Crippen molar-refractivity contribution in [3.8, 4) is 5.69 Å². The van der Waals surface area contributed by atoms with Crippen molar-refractivity contribution in [2.75, 3.05) is 13.2 Å². The van der Waals surface area contributed by atoms with E-state index in [9.17, 15) is 4.79 Å². The molecule has 1 saturated heterocycles. The number of hydrogen-bond donors (Lipinski definition) is 1. The van der Waals surface area contributed by atoms with Crippen molar-refractivity contribution in [3.63, 3.8) is 0 Å². The molecule has 0 saturated carbocycles. The first-order chi connectivity index (χ1) is 11.2. The third kappa shape index (κ3) is 4.33. The van der Waals surface area contributed by atoms with E-state index in [-0.39, 0.29) is 17.3 Å². The van der Waals surface area contributed by atoms with Crippen LogP contribution in [-0.4, -0.2) is 45.2 Å². The van der Waals surface area contributed by atoms with E-state index in [2.05, 4.69) is 15.4 Å². The van der Waals surface area contributed by atoms with Gasteiger partial charge in [-0.2, -0.15) is 0 Å². The van der Waals surface area contributed by atoms with Gasteiger partial charge in [-0.05, 0) is 31.9 Å². The summed E-state index contributed by atoms with van der Waals surface area (Å²) >= 11 is 1.35. The summed E-state index contributed by atoms with van der Waals surface area (Å²) in [6.45, 7) is 3.24. The molecule has 23 heavy (non-hydrogen) atoms. The van der Waals surface area contributed by atoms with E-state index in [1.165, 1.54) is 11.8 Å². The molecule has 6 nitrogen and oxygen atoms in total. The molecule has 2 unspecified atom stereocenters. The fraction of sp³-hybridized carbons (Fsp3) is 0.438. The molecule has 1 aliphatic heterocycles. The Bertz CT molecular complexity index is 641. The van der Waals surface area contributed by atoms with Gasteiger partial charge in [0.2, 0.25) is 11.1 Å². The number of aromatic nitrogens is 3. The highest BCUT2D eigenvalue weighted by Gasteiger charge is 2.20. The zero-order valence-electron chi connectivity index (χ0n) is 13.0. The molecule has 0 radical (unpaired) electrons. The minimum Gasteiger partial charge on any atom is -0.376 e. The van der Waals surface area contributed by atoms with Gasteiger partial charge in [0.05, 0.1) is 17.0 Å². The zero-order valence-corrected chi connectivity index (χ0v) is 13.8. The van der Waals surface area contributed by atoms with E-state index in [0.717, 1.165) is 25.1 Å². The smallest absolute Gasteiger partial charge is 0.233 e. The number of thioether (sulfide) groups is 1. The summed E-state index contributed by atoms with van der Waals surface area (Å²) in [5, 5.41) is 7.68. The molecule has 2 atom stereocenters. The predicted molar refractivity (Wildman–Crippen MR) is 88.7 cm³/mol. The highest BCUT2D eigenvalue weighted by Crippen LogP contribution is 2.20. The number of carbonyl (C=O) groups excluding carboxylic acids is 1. The third-order valence-electron chi connectivity index (χ3n) is 3.67. The van der Waals surface area contributed by atoms with Crippen molar-refractivity contribution in [2.24, 2.45) is 0 Å². The van der Waals surface area contributed by atoms with Gasteiger partial charge >= 0.3 is 0 Å². The fourth-order valence-electron chi connectivity index (χ4n) is 2.38. The van der Waals surface area contributed by atoms with Crippen LogP contribution in [0.5, 0.6) is 0 Å². The molecule has 2 heterocycles. The molecule has 3 rings (SSSR count). The molecule has 1 aromatic carbocycles. The maximum atomic E-state index is 12.1. The van der Waals surface area contributed by atoms with E-state index < -0.39 is 0 Å². The minimum absolute atomic E-state index is 0.0124. The van der Waals surface area contributed by atoms with Crippen molar-refractivity contribution >= 4 is 17.7 Å². The van der Waals surface area contributed by atoms with Crippen LogP contribution in [0.2, 0.25) is 0 Å². The van der Waals surface area contributed by atoms with E-state index in [1.807, 2.05) is 37.3 Å². The number of carbonyl (C=O) groups is 1. The molecule has 0 bridgehead atoms. The largest absolute Gasteiger partial charge is 0.376 e. The van der Waals surface area contributed by atoms with Crippen molar-refractivity contribution < 1.29 is 9.53 Å². The Kier molecular flexibility index (Phi) is 5.30. The number of rotatable bonds is 6. The van der Waals surface area contributed by atoms with Gasteiger partial charge < -0.3 is 10.1 Å². The molecule has 122 valence electrons. The number of amides is 1. The van der Waals surface area contributed by atoms with E-state index in [4.69, 9.17) is 4.74 Å². The minimum atomic E-state index is -0.247. The Labute approximate surface area is 139 Å². The summed E-state index contributed by atoms with van der Waals surface area (Å²) in [5.41, 5.74) is 0.947. The number of nitrogens with zero attached hydrogens (tertiary/aromatic N) is 3. The molecule has 0 aliphatic carbocycles. The molecule has 2 aromatic rings. The van der Waals surface area contributed by atoms with Crippen LogP contribution >= 0.6 is 11.8 Å². The monoisotopic (exact) mass is 332 g/mol. The normalized spacial score (nSPS) is 18.7. The maximum absolute atomic E-state index is 12.1. The Hall–Kier alpha value is -1.86. The van der Waals surface area contributed by atoms with Crippen LogP contribution < -0.4 is 5.32 Å². The van der Waals surface area contributed by atoms with Crippen LogP contribution in [0.3, 0.4) is 0 Å².